The van der Waals surface area contributed by atoms with Crippen LogP contribution in [-0.2, 0) is 4.79 Å². The third-order valence-electron chi connectivity index (χ3n) is 3.09. The summed E-state index contributed by atoms with van der Waals surface area (Å²) in [5, 5.41) is 5.22. The molecular weight excluding hydrogens is 296 g/mol. The molecule has 0 fully saturated rings. The number of nitrogens with two attached hydrogens (primary N) is 1. The van der Waals surface area contributed by atoms with Crippen LogP contribution < -0.4 is 21.1 Å². The van der Waals surface area contributed by atoms with Gasteiger partial charge < -0.3 is 21.1 Å². The van der Waals surface area contributed by atoms with E-state index in [1.807, 2.05) is 13.0 Å². The first-order valence-corrected chi connectivity index (χ1v) is 6.94. The van der Waals surface area contributed by atoms with Crippen molar-refractivity contribution in [2.75, 3.05) is 24.7 Å². The molecule has 7 heteroatoms. The Labute approximate surface area is 133 Å². The predicted molar refractivity (Wildman–Crippen MR) is 87.3 cm³/mol. The molecule has 0 aliphatic heterocycles. The lowest BCUT2D eigenvalue weighted by molar-refractivity contribution is -0.115. The van der Waals surface area contributed by atoms with E-state index < -0.39 is 5.91 Å². The van der Waals surface area contributed by atoms with Crippen LogP contribution in [0.4, 0.5) is 11.5 Å². The largest absolute Gasteiger partial charge is 0.495 e. The van der Waals surface area contributed by atoms with E-state index in [2.05, 4.69) is 15.6 Å². The molecule has 1 heterocycles. The van der Waals surface area contributed by atoms with Crippen LogP contribution in [0.25, 0.3) is 0 Å². The first-order valence-electron chi connectivity index (χ1n) is 6.94. The van der Waals surface area contributed by atoms with Gasteiger partial charge in [-0.15, -0.1) is 0 Å². The Balaban J connectivity index is 1.94. The van der Waals surface area contributed by atoms with Crippen molar-refractivity contribution in [1.82, 2.24) is 10.3 Å². The lowest BCUT2D eigenvalue weighted by atomic mass is 10.2. The number of hydrogen-bond donors (Lipinski definition) is 3. The van der Waals surface area contributed by atoms with Crippen molar-refractivity contribution in [3.63, 3.8) is 0 Å². The molecule has 0 aliphatic rings. The van der Waals surface area contributed by atoms with Crippen LogP contribution >= 0.6 is 0 Å². The molecule has 4 N–H and O–H groups in total. The zero-order chi connectivity index (χ0) is 16.8. The molecule has 0 unspecified atom stereocenters. The maximum absolute atomic E-state index is 12.0. The average Bonchev–Trinajstić information content (AvgIpc) is 2.53. The lowest BCUT2D eigenvalue weighted by Gasteiger charge is -2.11. The molecule has 0 bridgehead atoms. The highest BCUT2D eigenvalue weighted by Crippen LogP contribution is 2.24. The number of ether oxygens (including phenoxy) is 1. The number of benzene rings is 1. The van der Waals surface area contributed by atoms with Crippen LogP contribution in [0.5, 0.6) is 5.75 Å². The molecule has 0 atom stereocenters. The van der Waals surface area contributed by atoms with Crippen molar-refractivity contribution in [3.05, 3.63) is 47.7 Å². The Morgan fingerprint density at radius 3 is 2.70 bits per heavy atom. The fourth-order valence-electron chi connectivity index (χ4n) is 1.92. The maximum atomic E-state index is 12.0. The zero-order valence-electron chi connectivity index (χ0n) is 12.9. The highest BCUT2D eigenvalue weighted by molar-refractivity contribution is 5.99. The quantitative estimate of drug-likeness (QED) is 0.772. The van der Waals surface area contributed by atoms with Crippen molar-refractivity contribution in [1.29, 1.82) is 0 Å². The fourth-order valence-corrected chi connectivity index (χ4v) is 1.92. The molecule has 2 aromatic rings. The number of methoxy groups -OCH3 is 1. The lowest BCUT2D eigenvalue weighted by Crippen LogP contribution is -2.33. The standard InChI is InChI=1S/C16H18N4O3/c1-10-3-5-13(23-2)12(7-10)20-15(21)9-19-16(22)11-4-6-14(17)18-8-11/h3-8H,9H2,1-2H3,(H2,17,18)(H,19,22)(H,20,21). The summed E-state index contributed by atoms with van der Waals surface area (Å²) < 4.78 is 5.19. The van der Waals surface area contributed by atoms with Crippen molar-refractivity contribution < 1.29 is 14.3 Å². The van der Waals surface area contributed by atoms with Gasteiger partial charge in [-0.05, 0) is 36.8 Å². The third kappa shape index (κ3) is 4.44. The van der Waals surface area contributed by atoms with Gasteiger partial charge in [-0.2, -0.15) is 0 Å². The number of aryl methyl sites for hydroxylation is 1. The van der Waals surface area contributed by atoms with E-state index in [-0.39, 0.29) is 12.5 Å². The molecule has 0 radical (unpaired) electrons. The summed E-state index contributed by atoms with van der Waals surface area (Å²) in [6.07, 6.45) is 1.35. The Hall–Kier alpha value is -3.09. The molecular formula is C16H18N4O3. The van der Waals surface area contributed by atoms with E-state index >= 15 is 0 Å². The molecule has 120 valence electrons. The van der Waals surface area contributed by atoms with Crippen molar-refractivity contribution in [2.45, 2.75) is 6.92 Å². The number of rotatable bonds is 5. The van der Waals surface area contributed by atoms with Crippen molar-refractivity contribution in [2.24, 2.45) is 0 Å². The molecule has 2 amide bonds. The number of hydrogen-bond acceptors (Lipinski definition) is 5. The summed E-state index contributed by atoms with van der Waals surface area (Å²) in [6, 6.07) is 8.50. The van der Waals surface area contributed by atoms with Crippen LogP contribution in [-0.4, -0.2) is 30.5 Å². The number of aromatic nitrogens is 1. The van der Waals surface area contributed by atoms with Gasteiger partial charge in [-0.25, -0.2) is 4.98 Å². The van der Waals surface area contributed by atoms with Crippen LogP contribution in [0, 0.1) is 6.92 Å². The van der Waals surface area contributed by atoms with Gasteiger partial charge in [0.1, 0.15) is 11.6 Å². The SMILES string of the molecule is COc1ccc(C)cc1NC(=O)CNC(=O)c1ccc(N)nc1. The Kier molecular flexibility index (Phi) is 5.14. The second-order valence-corrected chi connectivity index (χ2v) is 4.91. The second kappa shape index (κ2) is 7.26. The third-order valence-corrected chi connectivity index (χ3v) is 3.09. The second-order valence-electron chi connectivity index (χ2n) is 4.91. The van der Waals surface area contributed by atoms with Gasteiger partial charge in [-0.1, -0.05) is 6.07 Å². The molecule has 0 saturated carbocycles. The van der Waals surface area contributed by atoms with E-state index in [0.29, 0.717) is 22.8 Å². The Bertz CT molecular complexity index is 714. The van der Waals surface area contributed by atoms with Gasteiger partial charge in [0.05, 0.1) is 24.9 Å². The molecule has 2 rings (SSSR count). The first kappa shape index (κ1) is 16.3. The number of pyridine rings is 1. The zero-order valence-corrected chi connectivity index (χ0v) is 12.9. The molecule has 23 heavy (non-hydrogen) atoms. The number of nitrogens with one attached hydrogen (secondary N) is 2. The molecule has 7 nitrogen and oxygen atoms in total. The van der Waals surface area contributed by atoms with E-state index in [4.69, 9.17) is 10.5 Å². The smallest absolute Gasteiger partial charge is 0.253 e. The van der Waals surface area contributed by atoms with Crippen molar-refractivity contribution >= 4 is 23.3 Å². The summed E-state index contributed by atoms with van der Waals surface area (Å²) in [5.74, 6) is 0.123. The number of nitrogen functional groups attached to an aromatic ring is 1. The van der Waals surface area contributed by atoms with Gasteiger partial charge in [-0.3, -0.25) is 9.59 Å². The minimum Gasteiger partial charge on any atom is -0.495 e. The van der Waals surface area contributed by atoms with Gasteiger partial charge in [0, 0.05) is 6.20 Å². The van der Waals surface area contributed by atoms with Crippen LogP contribution in [0.1, 0.15) is 15.9 Å². The normalized spacial score (nSPS) is 10.0. The fraction of sp³-hybridized carbons (Fsp3) is 0.188. The van der Waals surface area contributed by atoms with Gasteiger partial charge in [0.2, 0.25) is 5.91 Å². The van der Waals surface area contributed by atoms with E-state index in [1.165, 1.54) is 19.4 Å². The minimum atomic E-state index is -0.399. The molecule has 0 saturated heterocycles. The molecule has 1 aromatic carbocycles. The number of anilines is 2. The van der Waals surface area contributed by atoms with Crippen LogP contribution in [0.2, 0.25) is 0 Å². The number of amides is 2. The number of carbonyl (C=O) groups is 2. The molecule has 0 aliphatic carbocycles. The average molecular weight is 314 g/mol. The Morgan fingerprint density at radius 2 is 2.04 bits per heavy atom. The Morgan fingerprint density at radius 1 is 1.26 bits per heavy atom. The summed E-state index contributed by atoms with van der Waals surface area (Å²) >= 11 is 0. The molecule has 1 aromatic heterocycles. The van der Waals surface area contributed by atoms with Crippen LogP contribution in [0.15, 0.2) is 36.5 Å². The monoisotopic (exact) mass is 314 g/mol. The topological polar surface area (TPSA) is 106 Å². The predicted octanol–water partition coefficient (Wildman–Crippen LogP) is 1.35. The number of carbonyl (C=O) groups excluding carboxylic acids is 2. The number of nitrogens with zero attached hydrogens (tertiary/aromatic N) is 1. The first-order chi connectivity index (χ1) is 11.0. The highest BCUT2D eigenvalue weighted by atomic mass is 16.5. The summed E-state index contributed by atoms with van der Waals surface area (Å²) in [6.45, 7) is 1.74. The van der Waals surface area contributed by atoms with Crippen LogP contribution in [0.3, 0.4) is 0 Å². The summed E-state index contributed by atoms with van der Waals surface area (Å²) in [5.41, 5.74) is 7.33. The van der Waals surface area contributed by atoms with E-state index in [9.17, 15) is 9.59 Å². The van der Waals surface area contributed by atoms with E-state index in [1.54, 1.807) is 18.2 Å². The minimum absolute atomic E-state index is 0.166. The highest BCUT2D eigenvalue weighted by Gasteiger charge is 2.11. The van der Waals surface area contributed by atoms with Gasteiger partial charge >= 0.3 is 0 Å². The maximum Gasteiger partial charge on any atom is 0.253 e. The summed E-state index contributed by atoms with van der Waals surface area (Å²) in [7, 11) is 1.52. The van der Waals surface area contributed by atoms with E-state index in [0.717, 1.165) is 5.56 Å². The van der Waals surface area contributed by atoms with Gasteiger partial charge in [0.25, 0.3) is 5.91 Å². The van der Waals surface area contributed by atoms with Gasteiger partial charge in [0.15, 0.2) is 0 Å². The summed E-state index contributed by atoms with van der Waals surface area (Å²) in [4.78, 5) is 27.7. The molecule has 0 spiro atoms. The van der Waals surface area contributed by atoms with Crippen molar-refractivity contribution in [3.8, 4) is 5.75 Å².